The SMILES string of the molecule is CC(C)Cc1ccc(C(=O)CCC(=O)NCC2CNC2)cc1. The number of amides is 1. The molecule has 4 heteroatoms. The highest BCUT2D eigenvalue weighted by Gasteiger charge is 2.17. The monoisotopic (exact) mass is 302 g/mol. The van der Waals surface area contributed by atoms with E-state index in [1.807, 2.05) is 24.3 Å². The molecule has 2 N–H and O–H groups in total. The Hall–Kier alpha value is -1.68. The summed E-state index contributed by atoms with van der Waals surface area (Å²) in [5.41, 5.74) is 1.95. The second-order valence-corrected chi connectivity index (χ2v) is 6.55. The molecule has 1 amide bonds. The third-order valence-corrected chi connectivity index (χ3v) is 3.95. The average Bonchev–Trinajstić information content (AvgIpc) is 2.43. The van der Waals surface area contributed by atoms with Crippen LogP contribution in [0.15, 0.2) is 24.3 Å². The minimum atomic E-state index is -0.0309. The zero-order valence-corrected chi connectivity index (χ0v) is 13.5. The van der Waals surface area contributed by atoms with E-state index in [1.165, 1.54) is 5.56 Å². The molecule has 0 spiro atoms. The first-order valence-corrected chi connectivity index (χ1v) is 8.14. The standard InChI is InChI=1S/C18H26N2O2/c1-13(2)9-14-3-5-16(6-4-14)17(21)7-8-18(22)20-12-15-10-19-11-15/h3-6,13,15,19H,7-12H2,1-2H3,(H,20,22). The summed E-state index contributed by atoms with van der Waals surface area (Å²) in [5.74, 6) is 1.16. The number of ketones is 1. The van der Waals surface area contributed by atoms with Gasteiger partial charge in [0.2, 0.25) is 5.91 Å². The maximum absolute atomic E-state index is 12.1. The fraction of sp³-hybridized carbons (Fsp3) is 0.556. The lowest BCUT2D eigenvalue weighted by molar-refractivity contribution is -0.121. The largest absolute Gasteiger partial charge is 0.356 e. The van der Waals surface area contributed by atoms with Gasteiger partial charge in [-0.25, -0.2) is 0 Å². The Balaban J connectivity index is 1.72. The molecule has 0 unspecified atom stereocenters. The van der Waals surface area contributed by atoms with Crippen LogP contribution in [0.1, 0.15) is 42.6 Å². The number of Topliss-reactive ketones (excluding diaryl/α,β-unsaturated/α-hetero) is 1. The molecule has 0 radical (unpaired) electrons. The Morgan fingerprint density at radius 3 is 2.41 bits per heavy atom. The van der Waals surface area contributed by atoms with E-state index in [4.69, 9.17) is 0 Å². The summed E-state index contributed by atoms with van der Waals surface area (Å²) in [6.45, 7) is 7.02. The molecular weight excluding hydrogens is 276 g/mol. The molecule has 1 aromatic rings. The fourth-order valence-corrected chi connectivity index (χ4v) is 2.51. The molecule has 1 aromatic carbocycles. The summed E-state index contributed by atoms with van der Waals surface area (Å²) in [6.07, 6.45) is 1.57. The van der Waals surface area contributed by atoms with Crippen molar-refractivity contribution in [3.05, 3.63) is 35.4 Å². The van der Waals surface area contributed by atoms with Crippen LogP contribution in [0.5, 0.6) is 0 Å². The van der Waals surface area contributed by atoms with Gasteiger partial charge in [-0.2, -0.15) is 0 Å². The zero-order valence-electron chi connectivity index (χ0n) is 13.5. The summed E-state index contributed by atoms with van der Waals surface area (Å²) in [6, 6.07) is 7.77. The van der Waals surface area contributed by atoms with Gasteiger partial charge in [0.1, 0.15) is 0 Å². The van der Waals surface area contributed by atoms with Gasteiger partial charge in [-0.15, -0.1) is 0 Å². The van der Waals surface area contributed by atoms with Gasteiger partial charge in [0, 0.05) is 44.0 Å². The third kappa shape index (κ3) is 5.26. The number of carbonyl (C=O) groups excluding carboxylic acids is 2. The van der Waals surface area contributed by atoms with Crippen molar-refractivity contribution in [1.82, 2.24) is 10.6 Å². The van der Waals surface area contributed by atoms with E-state index < -0.39 is 0 Å². The maximum atomic E-state index is 12.1. The van der Waals surface area contributed by atoms with Crippen LogP contribution >= 0.6 is 0 Å². The van der Waals surface area contributed by atoms with E-state index in [2.05, 4.69) is 24.5 Å². The van der Waals surface area contributed by atoms with Gasteiger partial charge in [-0.3, -0.25) is 9.59 Å². The first-order valence-electron chi connectivity index (χ1n) is 8.14. The van der Waals surface area contributed by atoms with Gasteiger partial charge in [-0.05, 0) is 17.9 Å². The van der Waals surface area contributed by atoms with Crippen molar-refractivity contribution in [3.63, 3.8) is 0 Å². The van der Waals surface area contributed by atoms with Crippen LogP contribution in [-0.2, 0) is 11.2 Å². The fourth-order valence-electron chi connectivity index (χ4n) is 2.51. The molecule has 4 nitrogen and oxygen atoms in total. The summed E-state index contributed by atoms with van der Waals surface area (Å²) < 4.78 is 0. The van der Waals surface area contributed by atoms with Crippen molar-refractivity contribution in [2.45, 2.75) is 33.1 Å². The summed E-state index contributed by atoms with van der Waals surface area (Å²) in [5, 5.41) is 6.06. The Labute approximate surface area is 132 Å². The van der Waals surface area contributed by atoms with Gasteiger partial charge in [0.05, 0.1) is 0 Å². The molecule has 0 aliphatic carbocycles. The van der Waals surface area contributed by atoms with E-state index >= 15 is 0 Å². The molecule has 22 heavy (non-hydrogen) atoms. The molecule has 1 aliphatic rings. The van der Waals surface area contributed by atoms with Gasteiger partial charge in [-0.1, -0.05) is 38.1 Å². The van der Waals surface area contributed by atoms with E-state index in [9.17, 15) is 9.59 Å². The van der Waals surface area contributed by atoms with Crippen molar-refractivity contribution in [2.75, 3.05) is 19.6 Å². The lowest BCUT2D eigenvalue weighted by Crippen LogP contribution is -2.48. The number of carbonyl (C=O) groups is 2. The minimum absolute atomic E-state index is 0.0309. The van der Waals surface area contributed by atoms with Crippen LogP contribution in [0, 0.1) is 11.8 Å². The van der Waals surface area contributed by atoms with Crippen molar-refractivity contribution >= 4 is 11.7 Å². The summed E-state index contributed by atoms with van der Waals surface area (Å²) >= 11 is 0. The summed E-state index contributed by atoms with van der Waals surface area (Å²) in [7, 11) is 0. The van der Waals surface area contributed by atoms with Crippen molar-refractivity contribution < 1.29 is 9.59 Å². The molecule has 0 atom stereocenters. The molecule has 1 aliphatic heterocycles. The van der Waals surface area contributed by atoms with E-state index in [0.717, 1.165) is 19.5 Å². The third-order valence-electron chi connectivity index (χ3n) is 3.95. The van der Waals surface area contributed by atoms with Crippen LogP contribution in [-0.4, -0.2) is 31.3 Å². The Morgan fingerprint density at radius 1 is 1.18 bits per heavy atom. The predicted octanol–water partition coefficient (Wildman–Crippen LogP) is 2.18. The first-order chi connectivity index (χ1) is 10.5. The molecule has 0 bridgehead atoms. The van der Waals surface area contributed by atoms with Gasteiger partial charge in [0.25, 0.3) is 0 Å². The molecule has 2 rings (SSSR count). The Morgan fingerprint density at radius 2 is 1.86 bits per heavy atom. The second kappa shape index (κ2) is 8.08. The molecule has 1 heterocycles. The van der Waals surface area contributed by atoms with Gasteiger partial charge < -0.3 is 10.6 Å². The highest BCUT2D eigenvalue weighted by molar-refractivity contribution is 5.97. The van der Waals surface area contributed by atoms with Crippen molar-refractivity contribution in [3.8, 4) is 0 Å². The van der Waals surface area contributed by atoms with E-state index in [-0.39, 0.29) is 24.5 Å². The van der Waals surface area contributed by atoms with Gasteiger partial charge in [0.15, 0.2) is 5.78 Å². The highest BCUT2D eigenvalue weighted by atomic mass is 16.2. The molecule has 0 aromatic heterocycles. The quantitative estimate of drug-likeness (QED) is 0.724. The number of nitrogens with one attached hydrogen (secondary N) is 2. The summed E-state index contributed by atoms with van der Waals surface area (Å²) in [4.78, 5) is 23.8. The van der Waals surface area contributed by atoms with Crippen LogP contribution in [0.4, 0.5) is 0 Å². The normalized spacial score (nSPS) is 14.7. The van der Waals surface area contributed by atoms with Crippen LogP contribution < -0.4 is 10.6 Å². The minimum Gasteiger partial charge on any atom is -0.356 e. The Bertz CT molecular complexity index is 504. The number of rotatable bonds is 8. The predicted molar refractivity (Wildman–Crippen MR) is 87.9 cm³/mol. The number of hydrogen-bond acceptors (Lipinski definition) is 3. The molecule has 1 saturated heterocycles. The van der Waals surface area contributed by atoms with Crippen LogP contribution in [0.3, 0.4) is 0 Å². The Kier molecular flexibility index (Phi) is 6.13. The number of hydrogen-bond donors (Lipinski definition) is 2. The molecular formula is C18H26N2O2. The van der Waals surface area contributed by atoms with E-state index in [0.29, 0.717) is 23.9 Å². The molecule has 0 saturated carbocycles. The lowest BCUT2D eigenvalue weighted by atomic mass is 9.99. The molecule has 1 fully saturated rings. The van der Waals surface area contributed by atoms with Crippen LogP contribution in [0.25, 0.3) is 0 Å². The highest BCUT2D eigenvalue weighted by Crippen LogP contribution is 2.12. The van der Waals surface area contributed by atoms with Gasteiger partial charge >= 0.3 is 0 Å². The van der Waals surface area contributed by atoms with Crippen molar-refractivity contribution in [1.29, 1.82) is 0 Å². The average molecular weight is 302 g/mol. The zero-order chi connectivity index (χ0) is 15.9. The smallest absolute Gasteiger partial charge is 0.220 e. The first kappa shape index (κ1) is 16.7. The lowest BCUT2D eigenvalue weighted by Gasteiger charge is -2.27. The van der Waals surface area contributed by atoms with E-state index in [1.54, 1.807) is 0 Å². The maximum Gasteiger partial charge on any atom is 0.220 e. The molecule has 120 valence electrons. The number of benzene rings is 1. The second-order valence-electron chi connectivity index (χ2n) is 6.55. The van der Waals surface area contributed by atoms with Crippen LogP contribution in [0.2, 0.25) is 0 Å². The topological polar surface area (TPSA) is 58.2 Å². The van der Waals surface area contributed by atoms with Crippen molar-refractivity contribution in [2.24, 2.45) is 11.8 Å².